The number of nitrogens with zero attached hydrogens (tertiary/aromatic N) is 3. The Morgan fingerprint density at radius 2 is 2.04 bits per heavy atom. The number of carbonyl (C=O) groups excluding carboxylic acids is 3. The highest BCUT2D eigenvalue weighted by Gasteiger charge is 2.49. The third-order valence-electron chi connectivity index (χ3n) is 4.34. The number of fused-ring (bicyclic) bond motifs is 1. The van der Waals surface area contributed by atoms with E-state index in [9.17, 15) is 14.4 Å². The van der Waals surface area contributed by atoms with E-state index in [2.05, 4.69) is 20.7 Å². The van der Waals surface area contributed by atoms with E-state index in [0.29, 0.717) is 10.6 Å². The molecule has 0 bridgehead atoms. The van der Waals surface area contributed by atoms with Gasteiger partial charge in [0.05, 0.1) is 5.75 Å². The molecule has 1 fully saturated rings. The van der Waals surface area contributed by atoms with Gasteiger partial charge in [-0.15, -0.1) is 11.3 Å². The fourth-order valence-corrected chi connectivity index (χ4v) is 4.45. The van der Waals surface area contributed by atoms with Crippen LogP contribution < -0.4 is 10.7 Å². The van der Waals surface area contributed by atoms with E-state index in [1.807, 2.05) is 17.5 Å². The minimum Gasteiger partial charge on any atom is -0.318 e. The first-order valence-electron chi connectivity index (χ1n) is 8.32. The van der Waals surface area contributed by atoms with Crippen molar-refractivity contribution in [2.24, 2.45) is 0 Å². The molecule has 3 heterocycles. The van der Waals surface area contributed by atoms with Crippen LogP contribution in [0.15, 0.2) is 53.1 Å². The summed E-state index contributed by atoms with van der Waals surface area (Å²) in [5.41, 5.74) is 1.80. The molecule has 10 heteroatoms. The minimum atomic E-state index is -1.23. The Balaban J connectivity index is 1.44. The van der Waals surface area contributed by atoms with Crippen LogP contribution in [0.5, 0.6) is 0 Å². The van der Waals surface area contributed by atoms with Gasteiger partial charge in [0.25, 0.3) is 5.91 Å². The molecule has 2 N–H and O–H groups in total. The molecule has 142 valence electrons. The summed E-state index contributed by atoms with van der Waals surface area (Å²) in [4.78, 5) is 46.6. The van der Waals surface area contributed by atoms with Gasteiger partial charge >= 0.3 is 6.03 Å². The quantitative estimate of drug-likeness (QED) is 0.378. The lowest BCUT2D eigenvalue weighted by Gasteiger charge is -2.22. The Hall–Kier alpha value is -2.98. The zero-order valence-corrected chi connectivity index (χ0v) is 16.3. The van der Waals surface area contributed by atoms with Gasteiger partial charge in [-0.05, 0) is 23.9 Å². The Bertz CT molecular complexity index is 1070. The predicted molar refractivity (Wildman–Crippen MR) is 105 cm³/mol. The molecule has 1 saturated heterocycles. The molecule has 0 aliphatic carbocycles. The molecule has 28 heavy (non-hydrogen) atoms. The van der Waals surface area contributed by atoms with Crippen molar-refractivity contribution < 1.29 is 14.4 Å². The monoisotopic (exact) mass is 413 g/mol. The van der Waals surface area contributed by atoms with E-state index in [0.717, 1.165) is 15.2 Å². The van der Waals surface area contributed by atoms with Gasteiger partial charge in [0.15, 0.2) is 0 Å². The van der Waals surface area contributed by atoms with Gasteiger partial charge in [-0.1, -0.05) is 42.1 Å². The first-order chi connectivity index (χ1) is 13.5. The molecule has 0 saturated carbocycles. The lowest BCUT2D eigenvalue weighted by atomic mass is 9.92. The van der Waals surface area contributed by atoms with Gasteiger partial charge in [0.2, 0.25) is 5.91 Å². The van der Waals surface area contributed by atoms with Crippen LogP contribution >= 0.6 is 23.1 Å². The Labute approximate surface area is 168 Å². The number of aromatic nitrogens is 2. The van der Waals surface area contributed by atoms with Crippen LogP contribution in [0.4, 0.5) is 4.79 Å². The molecule has 8 nitrogen and oxygen atoms in total. The van der Waals surface area contributed by atoms with Crippen LogP contribution in [-0.4, -0.2) is 38.6 Å². The van der Waals surface area contributed by atoms with Crippen LogP contribution in [0, 0.1) is 0 Å². The number of thiophene rings is 1. The number of imide groups is 1. The summed E-state index contributed by atoms with van der Waals surface area (Å²) in [6, 6.07) is 10.1. The summed E-state index contributed by atoms with van der Waals surface area (Å²) < 4.78 is 0. The molecular weight excluding hydrogens is 398 g/mol. The number of urea groups is 1. The van der Waals surface area contributed by atoms with Crippen molar-refractivity contribution in [3.63, 3.8) is 0 Å². The van der Waals surface area contributed by atoms with E-state index in [1.165, 1.54) is 29.4 Å². The molecule has 4 rings (SSSR count). The maximum absolute atomic E-state index is 12.8. The standard InChI is InChI=1S/C18H15N5O3S2/c1-18(11-5-3-2-4-6-11)16(25)23(17(26)21-18)22-13(24)9-28-15-12-7-8-27-14(12)19-10-20-15/h2-8,10H,9H2,1H3,(H,21,26)(H,22,24)/t18-/m0/s1. The first-order valence-corrected chi connectivity index (χ1v) is 10.2. The topological polar surface area (TPSA) is 104 Å². The van der Waals surface area contributed by atoms with E-state index >= 15 is 0 Å². The lowest BCUT2D eigenvalue weighted by Crippen LogP contribution is -2.48. The van der Waals surface area contributed by atoms with Gasteiger partial charge < -0.3 is 5.32 Å². The van der Waals surface area contributed by atoms with Crippen molar-refractivity contribution in [2.75, 3.05) is 5.75 Å². The molecule has 4 amide bonds. The maximum Gasteiger partial charge on any atom is 0.344 e. The zero-order chi connectivity index (χ0) is 19.7. The average Bonchev–Trinajstić information content (AvgIpc) is 3.27. The number of hydrogen-bond acceptors (Lipinski definition) is 7. The van der Waals surface area contributed by atoms with Gasteiger partial charge in [-0.2, -0.15) is 5.01 Å². The maximum atomic E-state index is 12.8. The minimum absolute atomic E-state index is 0.00106. The van der Waals surface area contributed by atoms with Gasteiger partial charge in [-0.25, -0.2) is 14.8 Å². The number of rotatable bonds is 5. The van der Waals surface area contributed by atoms with Crippen LogP contribution in [0.25, 0.3) is 10.2 Å². The summed E-state index contributed by atoms with van der Waals surface area (Å²) in [6.45, 7) is 1.61. The smallest absolute Gasteiger partial charge is 0.318 e. The third kappa shape index (κ3) is 3.20. The normalized spacial score (nSPS) is 19.1. The fraction of sp³-hybridized carbons (Fsp3) is 0.167. The Morgan fingerprint density at radius 1 is 1.25 bits per heavy atom. The van der Waals surface area contributed by atoms with Crippen molar-refractivity contribution in [1.82, 2.24) is 25.7 Å². The third-order valence-corrected chi connectivity index (χ3v) is 6.17. The van der Waals surface area contributed by atoms with Crippen LogP contribution in [0.3, 0.4) is 0 Å². The largest absolute Gasteiger partial charge is 0.344 e. The van der Waals surface area contributed by atoms with E-state index in [-0.39, 0.29) is 5.75 Å². The van der Waals surface area contributed by atoms with Crippen molar-refractivity contribution in [3.05, 3.63) is 53.7 Å². The molecule has 1 aliphatic heterocycles. The predicted octanol–water partition coefficient (Wildman–Crippen LogP) is 2.28. The highest BCUT2D eigenvalue weighted by Crippen LogP contribution is 2.29. The first kappa shape index (κ1) is 18.4. The number of amides is 4. The summed E-state index contributed by atoms with van der Waals surface area (Å²) in [6.07, 6.45) is 1.45. The summed E-state index contributed by atoms with van der Waals surface area (Å²) in [5, 5.41) is 6.83. The SMILES string of the molecule is C[C@@]1(c2ccccc2)NC(=O)N(NC(=O)CSc2ncnc3sccc23)C1=O. The molecule has 1 aromatic carbocycles. The molecule has 3 aromatic rings. The second-order valence-corrected chi connectivity index (χ2v) is 8.06. The van der Waals surface area contributed by atoms with Crippen molar-refractivity contribution in [3.8, 4) is 0 Å². The van der Waals surface area contributed by atoms with Crippen LogP contribution in [-0.2, 0) is 15.1 Å². The van der Waals surface area contributed by atoms with E-state index < -0.39 is 23.4 Å². The molecule has 1 atom stereocenters. The summed E-state index contributed by atoms with van der Waals surface area (Å²) in [5.74, 6) is -1.02. The molecule has 0 unspecified atom stereocenters. The lowest BCUT2D eigenvalue weighted by molar-refractivity contribution is -0.138. The van der Waals surface area contributed by atoms with Crippen molar-refractivity contribution in [2.45, 2.75) is 17.5 Å². The van der Waals surface area contributed by atoms with Gasteiger partial charge in [0, 0.05) is 5.39 Å². The van der Waals surface area contributed by atoms with E-state index in [1.54, 1.807) is 31.2 Å². The molecule has 1 aliphatic rings. The number of hydrazine groups is 1. The van der Waals surface area contributed by atoms with Crippen LogP contribution in [0.1, 0.15) is 12.5 Å². The highest BCUT2D eigenvalue weighted by molar-refractivity contribution is 8.00. The Kier molecular flexibility index (Phi) is 4.73. The molecule has 0 spiro atoms. The summed E-state index contributed by atoms with van der Waals surface area (Å²) >= 11 is 2.71. The number of thioether (sulfide) groups is 1. The zero-order valence-electron chi connectivity index (χ0n) is 14.7. The number of benzene rings is 1. The van der Waals surface area contributed by atoms with Gasteiger partial charge in [-0.3, -0.25) is 15.0 Å². The average molecular weight is 413 g/mol. The van der Waals surface area contributed by atoms with Crippen molar-refractivity contribution >= 4 is 51.2 Å². The van der Waals surface area contributed by atoms with E-state index in [4.69, 9.17) is 0 Å². The highest BCUT2D eigenvalue weighted by atomic mass is 32.2. The number of carbonyl (C=O) groups is 3. The molecular formula is C18H15N5O3S2. The second kappa shape index (κ2) is 7.21. The summed E-state index contributed by atoms with van der Waals surface area (Å²) in [7, 11) is 0. The van der Waals surface area contributed by atoms with Gasteiger partial charge in [0.1, 0.15) is 21.7 Å². The number of nitrogens with one attached hydrogen (secondary N) is 2. The molecule has 2 aromatic heterocycles. The van der Waals surface area contributed by atoms with Crippen LogP contribution in [0.2, 0.25) is 0 Å². The number of hydrogen-bond donors (Lipinski definition) is 2. The fourth-order valence-electron chi connectivity index (χ4n) is 2.88. The van der Waals surface area contributed by atoms with Crippen molar-refractivity contribution in [1.29, 1.82) is 0 Å². The second-order valence-electron chi connectivity index (χ2n) is 6.20. The Morgan fingerprint density at radius 3 is 2.82 bits per heavy atom. The molecule has 0 radical (unpaired) electrons.